The van der Waals surface area contributed by atoms with E-state index in [9.17, 15) is 9.59 Å². The Bertz CT molecular complexity index is 287. The lowest BCUT2D eigenvalue weighted by atomic mass is 10.2. The number of amides is 1. The zero-order valence-electron chi connectivity index (χ0n) is 9.73. The first-order valence-corrected chi connectivity index (χ1v) is 6.27. The molecule has 1 aliphatic rings. The van der Waals surface area contributed by atoms with Crippen LogP contribution in [0.15, 0.2) is 0 Å². The number of aliphatic carboxylic acids is 1. The van der Waals surface area contributed by atoms with Crippen LogP contribution in [0.3, 0.4) is 0 Å². The maximum atomic E-state index is 11.8. The molecule has 1 saturated heterocycles. The van der Waals surface area contributed by atoms with Crippen molar-refractivity contribution < 1.29 is 19.4 Å². The van der Waals surface area contributed by atoms with Crippen LogP contribution in [0.5, 0.6) is 0 Å². The quantitative estimate of drug-likeness (QED) is 0.765. The summed E-state index contributed by atoms with van der Waals surface area (Å²) < 4.78 is 5.17. The summed E-state index contributed by atoms with van der Waals surface area (Å²) in [7, 11) is 0. The summed E-state index contributed by atoms with van der Waals surface area (Å²) in [4.78, 5) is 24.0. The minimum Gasteiger partial charge on any atom is -0.480 e. The molecule has 1 atom stereocenters. The first-order valence-electron chi connectivity index (χ1n) is 5.11. The number of hydrogen-bond acceptors (Lipinski definition) is 4. The number of ether oxygens (including phenoxy) is 1. The summed E-state index contributed by atoms with van der Waals surface area (Å²) >= 11 is 1.54. The van der Waals surface area contributed by atoms with Gasteiger partial charge in [-0.2, -0.15) is 0 Å². The number of carboxylic acids is 1. The molecule has 16 heavy (non-hydrogen) atoms. The fourth-order valence-electron chi connectivity index (χ4n) is 1.36. The van der Waals surface area contributed by atoms with Gasteiger partial charge in [-0.25, -0.2) is 9.59 Å². The molecule has 0 saturated carbocycles. The normalized spacial score (nSPS) is 21.7. The molecule has 5 nitrogen and oxygen atoms in total. The van der Waals surface area contributed by atoms with Gasteiger partial charge in [0.2, 0.25) is 0 Å². The van der Waals surface area contributed by atoms with Crippen molar-refractivity contribution in [3.63, 3.8) is 0 Å². The summed E-state index contributed by atoms with van der Waals surface area (Å²) in [6, 6.07) is -0.754. The van der Waals surface area contributed by atoms with Gasteiger partial charge in [0.05, 0.1) is 5.88 Å². The van der Waals surface area contributed by atoms with E-state index in [1.54, 1.807) is 32.5 Å². The Morgan fingerprint density at radius 1 is 1.44 bits per heavy atom. The minimum absolute atomic E-state index is 0.381. The fourth-order valence-corrected chi connectivity index (χ4v) is 2.36. The molecule has 0 bridgehead atoms. The van der Waals surface area contributed by atoms with Crippen LogP contribution < -0.4 is 0 Å². The first-order chi connectivity index (χ1) is 7.31. The van der Waals surface area contributed by atoms with Crippen LogP contribution in [-0.4, -0.2) is 45.3 Å². The lowest BCUT2D eigenvalue weighted by molar-refractivity contribution is -0.143. The maximum absolute atomic E-state index is 11.8. The number of carbonyl (C=O) groups excluding carboxylic acids is 1. The second-order valence-corrected chi connectivity index (χ2v) is 5.70. The molecule has 1 rings (SSSR count). The zero-order valence-corrected chi connectivity index (χ0v) is 10.5. The highest BCUT2D eigenvalue weighted by atomic mass is 32.2. The second-order valence-electron chi connectivity index (χ2n) is 4.63. The number of thioether (sulfide) groups is 1. The van der Waals surface area contributed by atoms with E-state index in [0.29, 0.717) is 12.3 Å². The van der Waals surface area contributed by atoms with E-state index in [2.05, 4.69) is 0 Å². The molecule has 0 unspecified atom stereocenters. The van der Waals surface area contributed by atoms with E-state index in [1.807, 2.05) is 0 Å². The number of carbonyl (C=O) groups is 2. The molecule has 1 aliphatic heterocycles. The number of rotatable bonds is 1. The van der Waals surface area contributed by atoms with E-state index in [0.717, 1.165) is 5.75 Å². The van der Waals surface area contributed by atoms with Crippen LogP contribution in [0.2, 0.25) is 0 Å². The minimum atomic E-state index is -0.967. The highest BCUT2D eigenvalue weighted by molar-refractivity contribution is 7.99. The SMILES string of the molecule is CC(C)(C)OC(=O)N1CSCC[C@H]1C(=O)O. The highest BCUT2D eigenvalue weighted by Crippen LogP contribution is 2.22. The Labute approximate surface area is 99.1 Å². The van der Waals surface area contributed by atoms with Crippen LogP contribution in [0.4, 0.5) is 4.79 Å². The monoisotopic (exact) mass is 247 g/mol. The molecule has 1 N–H and O–H groups in total. The van der Waals surface area contributed by atoms with Crippen molar-refractivity contribution in [1.29, 1.82) is 0 Å². The van der Waals surface area contributed by atoms with Gasteiger partial charge in [-0.3, -0.25) is 4.90 Å². The molecule has 0 aromatic carbocycles. The van der Waals surface area contributed by atoms with E-state index in [1.165, 1.54) is 4.90 Å². The number of hydrogen-bond donors (Lipinski definition) is 1. The van der Waals surface area contributed by atoms with Gasteiger partial charge in [0.15, 0.2) is 0 Å². The van der Waals surface area contributed by atoms with Gasteiger partial charge in [0.1, 0.15) is 11.6 Å². The Kier molecular flexibility index (Phi) is 4.07. The highest BCUT2D eigenvalue weighted by Gasteiger charge is 2.34. The Morgan fingerprint density at radius 3 is 2.56 bits per heavy atom. The Balaban J connectivity index is 2.68. The van der Waals surface area contributed by atoms with Crippen molar-refractivity contribution in [2.75, 3.05) is 11.6 Å². The van der Waals surface area contributed by atoms with E-state index < -0.39 is 23.7 Å². The van der Waals surface area contributed by atoms with E-state index in [-0.39, 0.29) is 0 Å². The molecule has 0 aliphatic carbocycles. The average Bonchev–Trinajstić information content (AvgIpc) is 2.15. The lowest BCUT2D eigenvalue weighted by Gasteiger charge is -2.33. The summed E-state index contributed by atoms with van der Waals surface area (Å²) in [6.07, 6.45) is -0.0775. The fraction of sp³-hybridized carbons (Fsp3) is 0.800. The van der Waals surface area contributed by atoms with Crippen LogP contribution in [-0.2, 0) is 9.53 Å². The standard InChI is InChI=1S/C10H17NO4S/c1-10(2,3)15-9(14)11-6-16-5-4-7(11)8(12)13/h7H,4-6H2,1-3H3,(H,12,13)/t7-/m0/s1. The maximum Gasteiger partial charge on any atom is 0.411 e. The second kappa shape index (κ2) is 4.95. The summed E-state index contributed by atoms with van der Waals surface area (Å²) in [5, 5.41) is 9.00. The smallest absolute Gasteiger partial charge is 0.411 e. The Morgan fingerprint density at radius 2 is 2.06 bits per heavy atom. The van der Waals surface area contributed by atoms with Gasteiger partial charge < -0.3 is 9.84 Å². The van der Waals surface area contributed by atoms with Crippen molar-refractivity contribution >= 4 is 23.8 Å². The molecule has 92 valence electrons. The van der Waals surface area contributed by atoms with Gasteiger partial charge in [-0.05, 0) is 32.9 Å². The molecule has 1 fully saturated rings. The molecule has 1 amide bonds. The van der Waals surface area contributed by atoms with Gasteiger partial charge in [0.25, 0.3) is 0 Å². The van der Waals surface area contributed by atoms with Crippen LogP contribution in [0.1, 0.15) is 27.2 Å². The first kappa shape index (κ1) is 13.2. The third-order valence-electron chi connectivity index (χ3n) is 2.06. The predicted molar refractivity (Wildman–Crippen MR) is 61.4 cm³/mol. The van der Waals surface area contributed by atoms with Gasteiger partial charge in [-0.15, -0.1) is 11.8 Å². The van der Waals surface area contributed by atoms with Crippen molar-refractivity contribution in [3.8, 4) is 0 Å². The molecule has 1 heterocycles. The van der Waals surface area contributed by atoms with Crippen molar-refractivity contribution in [2.45, 2.75) is 38.8 Å². The van der Waals surface area contributed by atoms with Crippen LogP contribution in [0, 0.1) is 0 Å². The number of nitrogens with zero attached hydrogens (tertiary/aromatic N) is 1. The molecule has 0 spiro atoms. The molecule has 6 heteroatoms. The topological polar surface area (TPSA) is 66.8 Å². The van der Waals surface area contributed by atoms with E-state index >= 15 is 0 Å². The summed E-state index contributed by atoms with van der Waals surface area (Å²) in [6.45, 7) is 5.29. The molecule has 0 radical (unpaired) electrons. The predicted octanol–water partition coefficient (Wildman–Crippen LogP) is 1.77. The van der Waals surface area contributed by atoms with Crippen molar-refractivity contribution in [3.05, 3.63) is 0 Å². The van der Waals surface area contributed by atoms with Gasteiger partial charge >= 0.3 is 12.1 Å². The number of carboxylic acid groups (broad SMARTS) is 1. The largest absolute Gasteiger partial charge is 0.480 e. The Hall–Kier alpha value is -0.910. The van der Waals surface area contributed by atoms with Crippen LogP contribution in [0.25, 0.3) is 0 Å². The third-order valence-corrected chi connectivity index (χ3v) is 3.04. The molecule has 0 aromatic rings. The van der Waals surface area contributed by atoms with Crippen LogP contribution >= 0.6 is 11.8 Å². The molecule has 0 aromatic heterocycles. The van der Waals surface area contributed by atoms with E-state index in [4.69, 9.17) is 9.84 Å². The van der Waals surface area contributed by atoms with Crippen molar-refractivity contribution in [2.24, 2.45) is 0 Å². The molecular weight excluding hydrogens is 230 g/mol. The third kappa shape index (κ3) is 3.59. The molecular formula is C10H17NO4S. The lowest BCUT2D eigenvalue weighted by Crippen LogP contribution is -2.49. The van der Waals surface area contributed by atoms with Gasteiger partial charge in [-0.1, -0.05) is 0 Å². The summed E-state index contributed by atoms with van der Waals surface area (Å²) in [5.74, 6) is 0.174. The zero-order chi connectivity index (χ0) is 12.3. The average molecular weight is 247 g/mol. The summed E-state index contributed by atoms with van der Waals surface area (Å²) in [5.41, 5.74) is -0.595. The van der Waals surface area contributed by atoms with Gasteiger partial charge in [0, 0.05) is 0 Å². The van der Waals surface area contributed by atoms with Crippen molar-refractivity contribution in [1.82, 2.24) is 4.90 Å².